The van der Waals surface area contributed by atoms with Gasteiger partial charge < -0.3 is 14.5 Å². The Hall–Kier alpha value is -0.800. The summed E-state index contributed by atoms with van der Waals surface area (Å²) in [6, 6.07) is 2.47. The maximum Gasteiger partial charge on any atom is 0.123 e. The van der Waals surface area contributed by atoms with Gasteiger partial charge in [-0.15, -0.1) is 0 Å². The fourth-order valence-electron chi connectivity index (χ4n) is 1.58. The van der Waals surface area contributed by atoms with E-state index >= 15 is 0 Å². The van der Waals surface area contributed by atoms with Crippen LogP contribution in [0.3, 0.4) is 0 Å². The first-order valence-corrected chi connectivity index (χ1v) is 6.60. The standard InChI is InChI=1S/C14H25NO2/c1-4-5-6-8-16-11-13-7-9-17-14(13)10-15-12(2)3/h7,9,12,15H,4-6,8,10-11H2,1-3H3. The summed E-state index contributed by atoms with van der Waals surface area (Å²) in [5.74, 6) is 0.995. The minimum absolute atomic E-state index is 0.471. The first-order chi connectivity index (χ1) is 8.24. The number of hydrogen-bond acceptors (Lipinski definition) is 3. The van der Waals surface area contributed by atoms with E-state index in [0.29, 0.717) is 12.6 Å². The normalized spacial score (nSPS) is 11.3. The predicted octanol–water partition coefficient (Wildman–Crippen LogP) is 3.48. The molecule has 0 bridgehead atoms. The van der Waals surface area contributed by atoms with Gasteiger partial charge in [0.05, 0.1) is 19.4 Å². The van der Waals surface area contributed by atoms with Gasteiger partial charge in [0.25, 0.3) is 0 Å². The summed E-state index contributed by atoms with van der Waals surface area (Å²) in [6.07, 6.45) is 5.36. The summed E-state index contributed by atoms with van der Waals surface area (Å²) in [6.45, 7) is 8.74. The summed E-state index contributed by atoms with van der Waals surface area (Å²) >= 11 is 0. The molecule has 0 aliphatic carbocycles. The number of furan rings is 1. The fourth-order valence-corrected chi connectivity index (χ4v) is 1.58. The van der Waals surface area contributed by atoms with Crippen LogP contribution in [0.1, 0.15) is 51.4 Å². The number of rotatable bonds is 9. The largest absolute Gasteiger partial charge is 0.468 e. The quantitative estimate of drug-likeness (QED) is 0.670. The molecule has 1 aromatic rings. The van der Waals surface area contributed by atoms with Crippen molar-refractivity contribution in [1.29, 1.82) is 0 Å². The molecule has 0 unspecified atom stereocenters. The van der Waals surface area contributed by atoms with E-state index < -0.39 is 0 Å². The lowest BCUT2D eigenvalue weighted by Gasteiger charge is -2.08. The highest BCUT2D eigenvalue weighted by atomic mass is 16.5. The van der Waals surface area contributed by atoms with Gasteiger partial charge in [-0.2, -0.15) is 0 Å². The van der Waals surface area contributed by atoms with Crippen LogP contribution in [0.4, 0.5) is 0 Å². The third-order valence-corrected chi connectivity index (χ3v) is 2.66. The highest BCUT2D eigenvalue weighted by molar-refractivity contribution is 5.15. The first kappa shape index (κ1) is 14.3. The second kappa shape index (κ2) is 8.31. The van der Waals surface area contributed by atoms with Crippen molar-refractivity contribution < 1.29 is 9.15 Å². The van der Waals surface area contributed by atoms with Gasteiger partial charge in [0, 0.05) is 18.2 Å². The van der Waals surface area contributed by atoms with Crippen molar-refractivity contribution in [2.45, 2.75) is 59.2 Å². The molecule has 0 radical (unpaired) electrons. The van der Waals surface area contributed by atoms with Gasteiger partial charge in [0.1, 0.15) is 5.76 Å². The van der Waals surface area contributed by atoms with Gasteiger partial charge in [0.2, 0.25) is 0 Å². The molecule has 0 amide bonds. The van der Waals surface area contributed by atoms with Gasteiger partial charge >= 0.3 is 0 Å². The average Bonchev–Trinajstić information content (AvgIpc) is 2.73. The Morgan fingerprint density at radius 1 is 1.35 bits per heavy atom. The SMILES string of the molecule is CCCCCOCc1ccoc1CNC(C)C. The van der Waals surface area contributed by atoms with Crippen LogP contribution in [-0.2, 0) is 17.9 Å². The molecule has 0 atom stereocenters. The maximum absolute atomic E-state index is 5.64. The van der Waals surface area contributed by atoms with Crippen molar-refractivity contribution in [3.8, 4) is 0 Å². The molecule has 0 saturated heterocycles. The zero-order chi connectivity index (χ0) is 12.5. The molecule has 17 heavy (non-hydrogen) atoms. The lowest BCUT2D eigenvalue weighted by atomic mass is 10.2. The predicted molar refractivity (Wildman–Crippen MR) is 69.9 cm³/mol. The Kier molecular flexibility index (Phi) is 6.97. The van der Waals surface area contributed by atoms with E-state index in [-0.39, 0.29) is 0 Å². The summed E-state index contributed by atoms with van der Waals surface area (Å²) in [5, 5.41) is 3.35. The zero-order valence-electron chi connectivity index (χ0n) is 11.3. The topological polar surface area (TPSA) is 34.4 Å². The summed E-state index contributed by atoms with van der Waals surface area (Å²) in [5.41, 5.74) is 1.16. The highest BCUT2D eigenvalue weighted by Crippen LogP contribution is 2.12. The second-order valence-corrected chi connectivity index (χ2v) is 4.66. The van der Waals surface area contributed by atoms with Crippen LogP contribution in [-0.4, -0.2) is 12.6 Å². The second-order valence-electron chi connectivity index (χ2n) is 4.66. The molecule has 1 rings (SSSR count). The highest BCUT2D eigenvalue weighted by Gasteiger charge is 2.06. The Morgan fingerprint density at radius 3 is 2.88 bits per heavy atom. The smallest absolute Gasteiger partial charge is 0.123 e. The van der Waals surface area contributed by atoms with Crippen LogP contribution < -0.4 is 5.32 Å². The van der Waals surface area contributed by atoms with E-state index in [1.165, 1.54) is 12.8 Å². The van der Waals surface area contributed by atoms with Gasteiger partial charge in [0.15, 0.2) is 0 Å². The van der Waals surface area contributed by atoms with Crippen molar-refractivity contribution in [3.05, 3.63) is 23.7 Å². The molecular weight excluding hydrogens is 214 g/mol. The van der Waals surface area contributed by atoms with Crippen molar-refractivity contribution in [1.82, 2.24) is 5.32 Å². The van der Waals surface area contributed by atoms with Crippen molar-refractivity contribution in [3.63, 3.8) is 0 Å². The molecule has 3 heteroatoms. The Bertz CT molecular complexity index is 294. The summed E-state index contributed by atoms with van der Waals surface area (Å²) < 4.78 is 11.1. The Morgan fingerprint density at radius 2 is 2.18 bits per heavy atom. The van der Waals surface area contributed by atoms with E-state index in [1.54, 1.807) is 6.26 Å². The molecule has 0 saturated carbocycles. The molecule has 0 aromatic carbocycles. The molecule has 1 heterocycles. The van der Waals surface area contributed by atoms with Crippen molar-refractivity contribution in [2.24, 2.45) is 0 Å². The molecule has 1 N–H and O–H groups in total. The molecule has 0 aliphatic rings. The van der Waals surface area contributed by atoms with Crippen LogP contribution in [0, 0.1) is 0 Å². The lowest BCUT2D eigenvalue weighted by molar-refractivity contribution is 0.115. The van der Waals surface area contributed by atoms with E-state index in [1.807, 2.05) is 6.07 Å². The fraction of sp³-hybridized carbons (Fsp3) is 0.714. The van der Waals surface area contributed by atoms with Crippen LogP contribution in [0.2, 0.25) is 0 Å². The molecule has 3 nitrogen and oxygen atoms in total. The van der Waals surface area contributed by atoms with Gasteiger partial charge in [-0.3, -0.25) is 0 Å². The molecule has 0 fully saturated rings. The van der Waals surface area contributed by atoms with Gasteiger partial charge in [-0.05, 0) is 12.5 Å². The molecular formula is C14H25NO2. The number of hydrogen-bond donors (Lipinski definition) is 1. The van der Waals surface area contributed by atoms with E-state index in [2.05, 4.69) is 26.1 Å². The maximum atomic E-state index is 5.64. The van der Waals surface area contributed by atoms with Crippen molar-refractivity contribution in [2.75, 3.05) is 6.61 Å². The van der Waals surface area contributed by atoms with Crippen molar-refractivity contribution >= 4 is 0 Å². The third kappa shape index (κ3) is 5.89. The van der Waals surface area contributed by atoms with Gasteiger partial charge in [-0.25, -0.2) is 0 Å². The Labute approximate surface area is 105 Å². The van der Waals surface area contributed by atoms with Crippen LogP contribution in [0.25, 0.3) is 0 Å². The molecule has 0 aliphatic heterocycles. The number of nitrogens with one attached hydrogen (secondary N) is 1. The minimum Gasteiger partial charge on any atom is -0.468 e. The van der Waals surface area contributed by atoms with E-state index in [0.717, 1.165) is 30.9 Å². The monoisotopic (exact) mass is 239 g/mol. The third-order valence-electron chi connectivity index (χ3n) is 2.66. The van der Waals surface area contributed by atoms with E-state index in [9.17, 15) is 0 Å². The first-order valence-electron chi connectivity index (χ1n) is 6.60. The molecule has 0 spiro atoms. The van der Waals surface area contributed by atoms with Crippen LogP contribution >= 0.6 is 0 Å². The summed E-state index contributed by atoms with van der Waals surface area (Å²) in [7, 11) is 0. The number of unbranched alkanes of at least 4 members (excludes halogenated alkanes) is 2. The molecule has 98 valence electrons. The lowest BCUT2D eigenvalue weighted by Crippen LogP contribution is -2.22. The zero-order valence-corrected chi connectivity index (χ0v) is 11.3. The van der Waals surface area contributed by atoms with E-state index in [4.69, 9.17) is 9.15 Å². The van der Waals surface area contributed by atoms with Gasteiger partial charge in [-0.1, -0.05) is 33.6 Å². The Balaban J connectivity index is 2.25. The number of ether oxygens (including phenoxy) is 1. The minimum atomic E-state index is 0.471. The molecule has 1 aromatic heterocycles. The van der Waals surface area contributed by atoms with Crippen LogP contribution in [0.5, 0.6) is 0 Å². The summed E-state index contributed by atoms with van der Waals surface area (Å²) in [4.78, 5) is 0. The van der Waals surface area contributed by atoms with Crippen LogP contribution in [0.15, 0.2) is 16.7 Å². The average molecular weight is 239 g/mol.